The third-order valence-electron chi connectivity index (χ3n) is 3.66. The Morgan fingerprint density at radius 2 is 1.85 bits per heavy atom. The molecular formula is C15H19FN2O2. The van der Waals surface area contributed by atoms with E-state index in [1.807, 2.05) is 4.90 Å². The van der Waals surface area contributed by atoms with Crippen LogP contribution < -0.4 is 5.32 Å². The summed E-state index contributed by atoms with van der Waals surface area (Å²) >= 11 is 0. The van der Waals surface area contributed by atoms with Crippen molar-refractivity contribution in [2.75, 3.05) is 25.0 Å². The smallest absolute Gasteiger partial charge is 0.238 e. The van der Waals surface area contributed by atoms with Gasteiger partial charge in [0.1, 0.15) is 11.6 Å². The van der Waals surface area contributed by atoms with Gasteiger partial charge >= 0.3 is 0 Å². The molecular weight excluding hydrogens is 259 g/mol. The summed E-state index contributed by atoms with van der Waals surface area (Å²) in [6, 6.07) is 5.70. The second-order valence-electron chi connectivity index (χ2n) is 5.22. The van der Waals surface area contributed by atoms with Crippen molar-refractivity contribution in [3.05, 3.63) is 30.1 Å². The summed E-state index contributed by atoms with van der Waals surface area (Å²) in [5, 5.41) is 2.74. The van der Waals surface area contributed by atoms with Gasteiger partial charge in [0, 0.05) is 11.6 Å². The monoisotopic (exact) mass is 278 g/mol. The van der Waals surface area contributed by atoms with Gasteiger partial charge in [-0.3, -0.25) is 14.5 Å². The average molecular weight is 278 g/mol. The van der Waals surface area contributed by atoms with Gasteiger partial charge in [0.05, 0.1) is 6.54 Å². The van der Waals surface area contributed by atoms with Crippen molar-refractivity contribution >= 4 is 17.4 Å². The molecule has 0 radical (unpaired) electrons. The number of benzene rings is 1. The molecule has 0 atom stereocenters. The van der Waals surface area contributed by atoms with Crippen molar-refractivity contribution in [2.24, 2.45) is 5.92 Å². The summed E-state index contributed by atoms with van der Waals surface area (Å²) in [7, 11) is 0. The molecule has 20 heavy (non-hydrogen) atoms. The highest BCUT2D eigenvalue weighted by Crippen LogP contribution is 2.17. The predicted octanol–water partition coefficient (Wildman–Crippen LogP) is 2.07. The molecule has 108 valence electrons. The zero-order valence-electron chi connectivity index (χ0n) is 11.6. The first kappa shape index (κ1) is 14.7. The first-order valence-corrected chi connectivity index (χ1v) is 6.83. The molecule has 4 nitrogen and oxygen atoms in total. The van der Waals surface area contributed by atoms with E-state index in [0.29, 0.717) is 12.2 Å². The molecule has 0 unspecified atom stereocenters. The third-order valence-corrected chi connectivity index (χ3v) is 3.66. The number of likely N-dealkylation sites (tertiary alicyclic amines) is 1. The minimum atomic E-state index is -0.325. The molecule has 0 bridgehead atoms. The zero-order valence-corrected chi connectivity index (χ0v) is 11.6. The van der Waals surface area contributed by atoms with E-state index in [0.717, 1.165) is 25.9 Å². The van der Waals surface area contributed by atoms with Crippen LogP contribution >= 0.6 is 0 Å². The van der Waals surface area contributed by atoms with Crippen LogP contribution in [0, 0.1) is 11.7 Å². The van der Waals surface area contributed by atoms with Gasteiger partial charge in [-0.05, 0) is 57.1 Å². The molecule has 1 fully saturated rings. The number of carbonyl (C=O) groups is 2. The van der Waals surface area contributed by atoms with Gasteiger partial charge in [0.2, 0.25) is 5.91 Å². The van der Waals surface area contributed by atoms with E-state index in [9.17, 15) is 14.0 Å². The fourth-order valence-corrected chi connectivity index (χ4v) is 2.43. The van der Waals surface area contributed by atoms with Crippen LogP contribution in [0.15, 0.2) is 24.3 Å². The van der Waals surface area contributed by atoms with Gasteiger partial charge in [-0.15, -0.1) is 0 Å². The van der Waals surface area contributed by atoms with Crippen LogP contribution in [-0.2, 0) is 9.59 Å². The molecule has 1 N–H and O–H groups in total. The normalized spacial score (nSPS) is 16.9. The maximum atomic E-state index is 12.8. The first-order valence-electron chi connectivity index (χ1n) is 6.83. The van der Waals surface area contributed by atoms with Crippen molar-refractivity contribution in [1.82, 2.24) is 4.90 Å². The Balaban J connectivity index is 1.78. The molecule has 1 aliphatic rings. The lowest BCUT2D eigenvalue weighted by Crippen LogP contribution is -2.40. The number of ketones is 1. The van der Waals surface area contributed by atoms with Gasteiger partial charge in [-0.25, -0.2) is 4.39 Å². The first-order chi connectivity index (χ1) is 9.54. The van der Waals surface area contributed by atoms with E-state index in [1.54, 1.807) is 6.92 Å². The number of amides is 1. The minimum Gasteiger partial charge on any atom is -0.325 e. The number of Topliss-reactive ketones (excluding diaryl/α,β-unsaturated/α-hetero) is 1. The maximum absolute atomic E-state index is 12.8. The summed E-state index contributed by atoms with van der Waals surface area (Å²) in [6.07, 6.45) is 1.64. The van der Waals surface area contributed by atoms with Crippen LogP contribution in [0.5, 0.6) is 0 Å². The highest BCUT2D eigenvalue weighted by molar-refractivity contribution is 5.92. The number of nitrogens with one attached hydrogen (secondary N) is 1. The van der Waals surface area contributed by atoms with Crippen LogP contribution in [0.3, 0.4) is 0 Å². The molecule has 0 spiro atoms. The fraction of sp³-hybridized carbons (Fsp3) is 0.467. The van der Waals surface area contributed by atoms with Crippen LogP contribution in [0.1, 0.15) is 19.8 Å². The van der Waals surface area contributed by atoms with Gasteiger partial charge in [0.25, 0.3) is 0 Å². The molecule has 0 aliphatic carbocycles. The molecule has 1 amide bonds. The highest BCUT2D eigenvalue weighted by atomic mass is 19.1. The topological polar surface area (TPSA) is 49.4 Å². The van der Waals surface area contributed by atoms with Gasteiger partial charge in [-0.1, -0.05) is 0 Å². The summed E-state index contributed by atoms with van der Waals surface area (Å²) in [5.74, 6) is -0.0565. The number of hydrogen-bond acceptors (Lipinski definition) is 3. The molecule has 1 aromatic rings. The molecule has 5 heteroatoms. The number of nitrogens with zero attached hydrogens (tertiary/aromatic N) is 1. The van der Waals surface area contributed by atoms with E-state index >= 15 is 0 Å². The molecule has 1 heterocycles. The third kappa shape index (κ3) is 4.13. The number of halogens is 1. The van der Waals surface area contributed by atoms with Crippen molar-refractivity contribution in [1.29, 1.82) is 0 Å². The Labute approximate surface area is 118 Å². The lowest BCUT2D eigenvalue weighted by atomic mass is 9.93. The zero-order chi connectivity index (χ0) is 14.5. The van der Waals surface area contributed by atoms with Gasteiger partial charge in [0.15, 0.2) is 0 Å². The predicted molar refractivity (Wildman–Crippen MR) is 74.9 cm³/mol. The van der Waals surface area contributed by atoms with E-state index in [4.69, 9.17) is 0 Å². The number of hydrogen-bond donors (Lipinski definition) is 1. The van der Waals surface area contributed by atoms with E-state index in [-0.39, 0.29) is 23.4 Å². The summed E-state index contributed by atoms with van der Waals surface area (Å²) in [6.45, 7) is 3.46. The highest BCUT2D eigenvalue weighted by Gasteiger charge is 2.23. The van der Waals surface area contributed by atoms with Crippen LogP contribution in [0.4, 0.5) is 10.1 Å². The lowest BCUT2D eigenvalue weighted by Gasteiger charge is -2.30. The Bertz CT molecular complexity index is 479. The lowest BCUT2D eigenvalue weighted by molar-refractivity contribution is -0.122. The summed E-state index contributed by atoms with van der Waals surface area (Å²) in [5.41, 5.74) is 0.593. The van der Waals surface area contributed by atoms with Crippen molar-refractivity contribution in [3.8, 4) is 0 Å². The number of rotatable bonds is 4. The maximum Gasteiger partial charge on any atom is 0.238 e. The largest absolute Gasteiger partial charge is 0.325 e. The molecule has 2 rings (SSSR count). The Morgan fingerprint density at radius 3 is 2.40 bits per heavy atom. The Hall–Kier alpha value is -1.75. The Kier molecular flexibility index (Phi) is 4.84. The Morgan fingerprint density at radius 1 is 1.25 bits per heavy atom. The van der Waals surface area contributed by atoms with Crippen molar-refractivity contribution < 1.29 is 14.0 Å². The average Bonchev–Trinajstić information content (AvgIpc) is 2.42. The number of carbonyl (C=O) groups excluding carboxylic acids is 2. The molecule has 1 saturated heterocycles. The fourth-order valence-electron chi connectivity index (χ4n) is 2.43. The number of anilines is 1. The quantitative estimate of drug-likeness (QED) is 0.917. The molecule has 0 aromatic heterocycles. The van der Waals surface area contributed by atoms with E-state index in [2.05, 4.69) is 5.32 Å². The van der Waals surface area contributed by atoms with Crippen molar-refractivity contribution in [2.45, 2.75) is 19.8 Å². The summed E-state index contributed by atoms with van der Waals surface area (Å²) < 4.78 is 12.8. The standard InChI is InChI=1S/C15H19FN2O2/c1-11(19)12-6-8-18(9-7-12)10-15(20)17-14-4-2-13(16)3-5-14/h2-5,12H,6-10H2,1H3,(H,17,20). The SMILES string of the molecule is CC(=O)C1CCN(CC(=O)Nc2ccc(F)cc2)CC1. The van der Waals surface area contributed by atoms with Crippen LogP contribution in [0.2, 0.25) is 0 Å². The van der Waals surface area contributed by atoms with Crippen LogP contribution in [-0.4, -0.2) is 36.2 Å². The second-order valence-corrected chi connectivity index (χ2v) is 5.22. The molecule has 0 saturated carbocycles. The van der Waals surface area contributed by atoms with Gasteiger partial charge < -0.3 is 5.32 Å². The van der Waals surface area contributed by atoms with E-state index < -0.39 is 0 Å². The van der Waals surface area contributed by atoms with Crippen molar-refractivity contribution in [3.63, 3.8) is 0 Å². The molecule has 1 aromatic carbocycles. The van der Waals surface area contributed by atoms with Crippen LogP contribution in [0.25, 0.3) is 0 Å². The number of piperidine rings is 1. The molecule has 1 aliphatic heterocycles. The van der Waals surface area contributed by atoms with Gasteiger partial charge in [-0.2, -0.15) is 0 Å². The summed E-state index contributed by atoms with van der Waals surface area (Å²) in [4.78, 5) is 25.2. The minimum absolute atomic E-state index is 0.113. The van der Waals surface area contributed by atoms with E-state index in [1.165, 1.54) is 24.3 Å². The second kappa shape index (κ2) is 6.61.